The Kier molecular flexibility index (Phi) is 6.05. The maximum atomic E-state index is 11.9. The van der Waals surface area contributed by atoms with Crippen molar-refractivity contribution in [3.05, 3.63) is 71.7 Å². The van der Waals surface area contributed by atoms with E-state index in [9.17, 15) is 14.7 Å². The Bertz CT molecular complexity index is 1290. The summed E-state index contributed by atoms with van der Waals surface area (Å²) in [6.45, 7) is 8.16. The molecule has 0 saturated heterocycles. The van der Waals surface area contributed by atoms with Crippen LogP contribution in [0.3, 0.4) is 0 Å². The van der Waals surface area contributed by atoms with Crippen LogP contribution in [-0.4, -0.2) is 50.4 Å². The third kappa shape index (κ3) is 4.33. The number of pyridine rings is 1. The molecule has 0 bridgehead atoms. The van der Waals surface area contributed by atoms with Gasteiger partial charge in [0.2, 0.25) is 5.91 Å². The van der Waals surface area contributed by atoms with Gasteiger partial charge in [0.05, 0.1) is 16.8 Å². The van der Waals surface area contributed by atoms with Crippen LogP contribution in [0.15, 0.2) is 54.9 Å². The number of likely N-dealkylation sites (N-methyl/N-ethyl adjacent to an activating group) is 1. The van der Waals surface area contributed by atoms with Crippen molar-refractivity contribution in [2.24, 2.45) is 11.5 Å². The number of nitrogens with two attached hydrogens (primary N) is 2. The molecule has 0 spiro atoms. The smallest absolute Gasteiger partial charge is 0.269 e. The molecule has 3 aromatic rings. The van der Waals surface area contributed by atoms with E-state index in [1.54, 1.807) is 41.7 Å². The van der Waals surface area contributed by atoms with E-state index in [4.69, 9.17) is 11.5 Å². The molecular weight excluding hydrogens is 406 g/mol. The molecule has 5 N–H and O–H groups in total. The Balaban J connectivity index is 2.09. The molecule has 1 unspecified atom stereocenters. The zero-order valence-electron chi connectivity index (χ0n) is 18.2. The summed E-state index contributed by atoms with van der Waals surface area (Å²) >= 11 is 0. The van der Waals surface area contributed by atoms with E-state index >= 15 is 0 Å². The number of aromatic nitrogens is 2. The van der Waals surface area contributed by atoms with Crippen LogP contribution in [0.5, 0.6) is 0 Å². The van der Waals surface area contributed by atoms with Gasteiger partial charge in [0.15, 0.2) is 11.3 Å². The molecule has 164 valence electrons. The minimum atomic E-state index is -1.41. The number of benzene rings is 1. The Morgan fingerprint density at radius 3 is 2.59 bits per heavy atom. The largest absolute Gasteiger partial charge is 0.375 e. The molecule has 1 atom stereocenters. The Morgan fingerprint density at radius 2 is 1.97 bits per heavy atom. The van der Waals surface area contributed by atoms with Crippen LogP contribution in [0.1, 0.15) is 40.3 Å². The van der Waals surface area contributed by atoms with E-state index < -0.39 is 17.4 Å². The van der Waals surface area contributed by atoms with Gasteiger partial charge in [-0.2, -0.15) is 0 Å². The number of amides is 2. The maximum Gasteiger partial charge on any atom is 0.269 e. The minimum absolute atomic E-state index is 0.0781. The number of nitrogens with zero attached hydrogens (tertiary/aromatic N) is 3. The summed E-state index contributed by atoms with van der Waals surface area (Å²) in [5.41, 5.74) is 12.0. The second-order valence-corrected chi connectivity index (χ2v) is 7.55. The topological polar surface area (TPSA) is 127 Å². The zero-order chi connectivity index (χ0) is 23.6. The summed E-state index contributed by atoms with van der Waals surface area (Å²) in [5.74, 6) is 4.94. The van der Waals surface area contributed by atoms with Crippen molar-refractivity contribution in [2.45, 2.75) is 19.4 Å². The molecule has 0 fully saturated rings. The number of hydrogen-bond acceptors (Lipinski definition) is 5. The highest BCUT2D eigenvalue weighted by molar-refractivity contribution is 6.00. The second-order valence-electron chi connectivity index (χ2n) is 7.55. The molecule has 1 aromatic carbocycles. The average molecular weight is 431 g/mol. The minimum Gasteiger partial charge on any atom is -0.375 e. The highest BCUT2D eigenvalue weighted by Gasteiger charge is 2.24. The summed E-state index contributed by atoms with van der Waals surface area (Å²) in [6, 6.07) is 10.2. The lowest BCUT2D eigenvalue weighted by Gasteiger charge is -2.28. The fraction of sp³-hybridized carbons (Fsp3) is 0.208. The number of carbonyl (C=O) groups excluding carboxylic acids is 2. The van der Waals surface area contributed by atoms with Gasteiger partial charge in [0, 0.05) is 30.9 Å². The van der Waals surface area contributed by atoms with Crippen LogP contribution in [0.25, 0.3) is 16.9 Å². The summed E-state index contributed by atoms with van der Waals surface area (Å²) in [6.07, 6.45) is 1.51. The Hall–Kier alpha value is -4.09. The standard InChI is InChI=1S/C24H25N5O3/c1-5-28(4)15(2)24(3,32)12-11-16-7-6-8-17(13-16)23-27-20(22(26)31)19-10-9-18(21(25)30)14-29(19)23/h6-10,13-14,32H,2,5H2,1,3-4H3,(H2,25,30)(H2,26,31). The van der Waals surface area contributed by atoms with E-state index in [2.05, 4.69) is 23.4 Å². The van der Waals surface area contributed by atoms with Gasteiger partial charge in [-0.1, -0.05) is 30.6 Å². The molecule has 0 aliphatic heterocycles. The molecule has 8 nitrogen and oxygen atoms in total. The van der Waals surface area contributed by atoms with Crippen molar-refractivity contribution >= 4 is 17.3 Å². The van der Waals surface area contributed by atoms with Crippen molar-refractivity contribution in [1.29, 1.82) is 0 Å². The lowest BCUT2D eigenvalue weighted by molar-refractivity contribution is 0.0991. The van der Waals surface area contributed by atoms with Crippen LogP contribution < -0.4 is 11.5 Å². The molecule has 3 rings (SSSR count). The maximum absolute atomic E-state index is 11.9. The first-order chi connectivity index (χ1) is 15.0. The summed E-state index contributed by atoms with van der Waals surface area (Å²) in [4.78, 5) is 29.7. The molecule has 8 heteroatoms. The fourth-order valence-corrected chi connectivity index (χ4v) is 3.18. The first-order valence-corrected chi connectivity index (χ1v) is 9.93. The van der Waals surface area contributed by atoms with Gasteiger partial charge in [-0.3, -0.25) is 14.0 Å². The predicted molar refractivity (Wildman–Crippen MR) is 123 cm³/mol. The quantitative estimate of drug-likeness (QED) is 0.513. The predicted octanol–water partition coefficient (Wildman–Crippen LogP) is 1.77. The van der Waals surface area contributed by atoms with E-state index in [0.717, 1.165) is 0 Å². The molecule has 0 saturated carbocycles. The van der Waals surface area contributed by atoms with Gasteiger partial charge < -0.3 is 21.5 Å². The average Bonchev–Trinajstić information content (AvgIpc) is 3.16. The molecular formula is C24H25N5O3. The van der Waals surface area contributed by atoms with Crippen LogP contribution >= 0.6 is 0 Å². The second kappa shape index (κ2) is 8.57. The first kappa shape index (κ1) is 22.6. The number of rotatable bonds is 6. The normalized spacial score (nSPS) is 12.5. The number of primary amides is 2. The van der Waals surface area contributed by atoms with Crippen LogP contribution in [0.4, 0.5) is 0 Å². The highest BCUT2D eigenvalue weighted by Crippen LogP contribution is 2.24. The molecule has 32 heavy (non-hydrogen) atoms. The van der Waals surface area contributed by atoms with E-state index in [0.29, 0.717) is 34.7 Å². The SMILES string of the molecule is C=C(N(C)CC)C(C)(O)C#Cc1cccc(-c2nc(C(N)=O)c3ccc(C(N)=O)cn23)c1. The van der Waals surface area contributed by atoms with Gasteiger partial charge in [-0.05, 0) is 38.1 Å². The third-order valence-electron chi connectivity index (χ3n) is 5.22. The first-order valence-electron chi connectivity index (χ1n) is 9.93. The van der Waals surface area contributed by atoms with Gasteiger partial charge in [-0.25, -0.2) is 4.98 Å². The molecule has 2 heterocycles. The van der Waals surface area contributed by atoms with Crippen LogP contribution in [-0.2, 0) is 0 Å². The summed E-state index contributed by atoms with van der Waals surface area (Å²) < 4.78 is 1.60. The molecule has 0 aliphatic carbocycles. The van der Waals surface area contributed by atoms with E-state index in [-0.39, 0.29) is 11.3 Å². The number of carbonyl (C=O) groups is 2. The van der Waals surface area contributed by atoms with Crippen molar-refractivity contribution in [1.82, 2.24) is 14.3 Å². The van der Waals surface area contributed by atoms with Gasteiger partial charge in [0.25, 0.3) is 5.91 Å². The Labute approximate surface area is 186 Å². The molecule has 0 radical (unpaired) electrons. The van der Waals surface area contributed by atoms with E-state index in [1.807, 2.05) is 18.9 Å². The molecule has 2 aromatic heterocycles. The monoisotopic (exact) mass is 431 g/mol. The van der Waals surface area contributed by atoms with Gasteiger partial charge in [-0.15, -0.1) is 0 Å². The number of aliphatic hydroxyl groups is 1. The van der Waals surface area contributed by atoms with Gasteiger partial charge in [0.1, 0.15) is 5.82 Å². The molecule has 2 amide bonds. The number of fused-ring (bicyclic) bond motifs is 1. The molecule has 0 aliphatic rings. The number of imidazole rings is 1. The lowest BCUT2D eigenvalue weighted by atomic mass is 10.0. The van der Waals surface area contributed by atoms with Crippen LogP contribution in [0.2, 0.25) is 0 Å². The lowest BCUT2D eigenvalue weighted by Crippen LogP contribution is -2.34. The summed E-state index contributed by atoms with van der Waals surface area (Å²) in [7, 11) is 1.83. The number of hydrogen-bond donors (Lipinski definition) is 3. The summed E-state index contributed by atoms with van der Waals surface area (Å²) in [5, 5.41) is 10.7. The van der Waals surface area contributed by atoms with E-state index in [1.165, 1.54) is 12.3 Å². The van der Waals surface area contributed by atoms with Crippen molar-refractivity contribution in [3.63, 3.8) is 0 Å². The fourth-order valence-electron chi connectivity index (χ4n) is 3.18. The third-order valence-corrected chi connectivity index (χ3v) is 5.22. The van der Waals surface area contributed by atoms with Crippen molar-refractivity contribution < 1.29 is 14.7 Å². The van der Waals surface area contributed by atoms with Crippen molar-refractivity contribution in [3.8, 4) is 23.2 Å². The Morgan fingerprint density at radius 1 is 1.25 bits per heavy atom. The van der Waals surface area contributed by atoms with Crippen molar-refractivity contribution in [2.75, 3.05) is 13.6 Å². The zero-order valence-corrected chi connectivity index (χ0v) is 18.2. The van der Waals surface area contributed by atoms with Gasteiger partial charge >= 0.3 is 0 Å². The highest BCUT2D eigenvalue weighted by atomic mass is 16.3. The van der Waals surface area contributed by atoms with Crippen LogP contribution in [0, 0.1) is 11.8 Å².